The van der Waals surface area contributed by atoms with E-state index >= 15 is 0 Å². The van der Waals surface area contributed by atoms with Crippen molar-refractivity contribution in [3.8, 4) is 11.1 Å². The third kappa shape index (κ3) is 5.40. The predicted octanol–water partition coefficient (Wildman–Crippen LogP) is 9.38. The fourth-order valence-corrected chi connectivity index (χ4v) is 8.53. The van der Waals surface area contributed by atoms with Gasteiger partial charge in [-0.15, -0.1) is 0 Å². The molecule has 0 unspecified atom stereocenters. The summed E-state index contributed by atoms with van der Waals surface area (Å²) in [6.07, 6.45) is 0. The summed E-state index contributed by atoms with van der Waals surface area (Å²) in [4.78, 5) is 36.8. The van der Waals surface area contributed by atoms with Crippen LogP contribution in [0, 0.1) is 0 Å². The maximum atomic E-state index is 12.3. The summed E-state index contributed by atoms with van der Waals surface area (Å²) in [5.74, 6) is 0.958. The zero-order valence-electron chi connectivity index (χ0n) is 26.2. The van der Waals surface area contributed by atoms with Crippen molar-refractivity contribution in [2.75, 3.05) is 0 Å². The molecule has 0 aliphatic heterocycles. The predicted molar refractivity (Wildman–Crippen MR) is 183 cm³/mol. The third-order valence-electron chi connectivity index (χ3n) is 8.70. The van der Waals surface area contributed by atoms with E-state index in [4.69, 9.17) is 0 Å². The normalized spacial score (nSPS) is 13.5. The van der Waals surface area contributed by atoms with Crippen LogP contribution in [0.1, 0.15) is 101 Å². The third-order valence-corrected chi connectivity index (χ3v) is 11.3. The van der Waals surface area contributed by atoms with E-state index in [-0.39, 0.29) is 22.4 Å². The standard InChI is InChI=1S/C38H45O3P/c1-23(2)27-13-15-29-19-36(34(25(5)6)20-31(29)17-27)33-11-9-10-12-37(33)42(39,40,41)38-22-30-16-14-28(24(3)4)18-32(30)21-35(38)26(7)8/h9-26,39-41H,1-8H3. The van der Waals surface area contributed by atoms with E-state index < -0.39 is 7.28 Å². The molecule has 0 saturated heterocycles. The molecule has 0 fully saturated rings. The van der Waals surface area contributed by atoms with Gasteiger partial charge in [0.25, 0.3) is 0 Å². The van der Waals surface area contributed by atoms with Crippen LogP contribution in [0.5, 0.6) is 0 Å². The summed E-state index contributed by atoms with van der Waals surface area (Å²) in [5, 5.41) is 4.53. The molecular formula is C38H45O3P. The van der Waals surface area contributed by atoms with E-state index in [1.54, 1.807) is 18.2 Å². The molecule has 0 spiro atoms. The van der Waals surface area contributed by atoms with Crippen molar-refractivity contribution in [2.24, 2.45) is 0 Å². The Kier molecular flexibility index (Phi) is 7.88. The minimum atomic E-state index is -5.60. The summed E-state index contributed by atoms with van der Waals surface area (Å²) in [7, 11) is -5.60. The number of fused-ring (bicyclic) bond motifs is 2. The molecular weight excluding hydrogens is 535 g/mol. The van der Waals surface area contributed by atoms with Crippen molar-refractivity contribution < 1.29 is 14.7 Å². The first-order valence-electron chi connectivity index (χ1n) is 15.2. The number of rotatable bonds is 7. The Balaban J connectivity index is 1.78. The van der Waals surface area contributed by atoms with E-state index in [1.165, 1.54) is 11.1 Å². The van der Waals surface area contributed by atoms with Crippen molar-refractivity contribution in [3.63, 3.8) is 0 Å². The molecule has 0 heterocycles. The second-order valence-electron chi connectivity index (χ2n) is 13.2. The van der Waals surface area contributed by atoms with Gasteiger partial charge in [0.05, 0.1) is 0 Å². The van der Waals surface area contributed by atoms with Crippen LogP contribution < -0.4 is 10.6 Å². The van der Waals surface area contributed by atoms with Crippen molar-refractivity contribution in [1.29, 1.82) is 0 Å². The molecule has 3 N–H and O–H groups in total. The van der Waals surface area contributed by atoms with E-state index in [0.29, 0.717) is 17.4 Å². The van der Waals surface area contributed by atoms with Gasteiger partial charge in [-0.25, -0.2) is 0 Å². The summed E-state index contributed by atoms with van der Waals surface area (Å²) < 4.78 is 0. The molecule has 0 aliphatic rings. The molecule has 5 aromatic rings. The first-order chi connectivity index (χ1) is 19.7. The molecule has 5 aromatic carbocycles. The molecule has 0 aromatic heterocycles. The molecule has 0 bridgehead atoms. The van der Waals surface area contributed by atoms with Crippen molar-refractivity contribution >= 4 is 39.4 Å². The molecule has 0 aliphatic carbocycles. The number of benzene rings is 5. The Morgan fingerprint density at radius 3 is 1.45 bits per heavy atom. The van der Waals surface area contributed by atoms with Crippen molar-refractivity contribution in [1.82, 2.24) is 0 Å². The van der Waals surface area contributed by atoms with Crippen LogP contribution >= 0.6 is 7.28 Å². The quantitative estimate of drug-likeness (QED) is 0.168. The minimum absolute atomic E-state index is 0.0331. The first kappa shape index (κ1) is 30.4. The molecule has 0 atom stereocenters. The molecule has 0 saturated carbocycles. The van der Waals surface area contributed by atoms with Gasteiger partial charge in [-0.2, -0.15) is 0 Å². The summed E-state index contributed by atoms with van der Waals surface area (Å²) in [5.41, 5.74) is 5.91. The van der Waals surface area contributed by atoms with Crippen molar-refractivity contribution in [3.05, 3.63) is 107 Å². The zero-order chi connectivity index (χ0) is 30.6. The van der Waals surface area contributed by atoms with Gasteiger partial charge >= 0.3 is 251 Å². The number of hydrogen-bond donors (Lipinski definition) is 3. The Morgan fingerprint density at radius 2 is 0.929 bits per heavy atom. The van der Waals surface area contributed by atoms with E-state index in [0.717, 1.165) is 38.2 Å². The number of hydrogen-bond acceptors (Lipinski definition) is 3. The second kappa shape index (κ2) is 10.9. The molecule has 0 radical (unpaired) electrons. The molecule has 220 valence electrons. The van der Waals surface area contributed by atoms with Crippen LogP contribution in [0.25, 0.3) is 32.7 Å². The van der Waals surface area contributed by atoms with Gasteiger partial charge in [-0.3, -0.25) is 0 Å². The van der Waals surface area contributed by atoms with Gasteiger partial charge in [0, 0.05) is 0 Å². The van der Waals surface area contributed by atoms with Crippen LogP contribution in [0.4, 0.5) is 0 Å². The van der Waals surface area contributed by atoms with E-state index in [9.17, 15) is 14.7 Å². The summed E-state index contributed by atoms with van der Waals surface area (Å²) in [6, 6.07) is 28.3. The zero-order valence-corrected chi connectivity index (χ0v) is 27.1. The Bertz CT molecular complexity index is 1790. The van der Waals surface area contributed by atoms with Gasteiger partial charge in [0.2, 0.25) is 0 Å². The summed E-state index contributed by atoms with van der Waals surface area (Å²) >= 11 is 0. The van der Waals surface area contributed by atoms with Crippen LogP contribution in [0.2, 0.25) is 0 Å². The monoisotopic (exact) mass is 580 g/mol. The summed E-state index contributed by atoms with van der Waals surface area (Å²) in [6.45, 7) is 17.1. The van der Waals surface area contributed by atoms with Crippen LogP contribution in [0.15, 0.2) is 84.9 Å². The Labute approximate surface area is 251 Å². The van der Waals surface area contributed by atoms with Gasteiger partial charge in [-0.05, 0) is 0 Å². The molecule has 0 amide bonds. The SMILES string of the molecule is CC(C)c1ccc2cc(-c3ccccc3P(O)(O)(O)c3cc4ccc(C(C)C)cc4cc3C(C)C)c(C(C)C)cc2c1. The molecule has 4 heteroatoms. The van der Waals surface area contributed by atoms with Gasteiger partial charge in [-0.1, -0.05) is 0 Å². The van der Waals surface area contributed by atoms with Gasteiger partial charge < -0.3 is 0 Å². The molecule has 5 rings (SSSR count). The first-order valence-corrected chi connectivity index (χ1v) is 17.3. The average molecular weight is 581 g/mol. The van der Waals surface area contributed by atoms with Gasteiger partial charge in [0.1, 0.15) is 0 Å². The maximum absolute atomic E-state index is 12.3. The average Bonchev–Trinajstić information content (AvgIpc) is 2.94. The topological polar surface area (TPSA) is 60.7 Å². The van der Waals surface area contributed by atoms with Crippen molar-refractivity contribution in [2.45, 2.75) is 79.1 Å². The fraction of sp³-hybridized carbons (Fsp3) is 0.316. The second-order valence-corrected chi connectivity index (χ2v) is 16.1. The van der Waals surface area contributed by atoms with E-state index in [2.05, 4.69) is 84.0 Å². The van der Waals surface area contributed by atoms with E-state index in [1.807, 2.05) is 38.1 Å². The van der Waals surface area contributed by atoms with Crippen LogP contribution in [0.3, 0.4) is 0 Å². The Morgan fingerprint density at radius 1 is 0.429 bits per heavy atom. The Hall–Kier alpha value is -3.07. The fourth-order valence-electron chi connectivity index (χ4n) is 6.09. The van der Waals surface area contributed by atoms with Gasteiger partial charge in [0.15, 0.2) is 0 Å². The van der Waals surface area contributed by atoms with Crippen LogP contribution in [-0.2, 0) is 0 Å². The van der Waals surface area contributed by atoms with Crippen LogP contribution in [-0.4, -0.2) is 14.7 Å². The molecule has 3 nitrogen and oxygen atoms in total. The molecule has 42 heavy (non-hydrogen) atoms.